The minimum Gasteiger partial charge on any atom is -0.489 e. The highest BCUT2D eigenvalue weighted by Gasteiger charge is 2.26. The third kappa shape index (κ3) is 4.99. The molecule has 0 aliphatic heterocycles. The highest BCUT2D eigenvalue weighted by molar-refractivity contribution is 8.00. The standard InChI is InChI=1S/C26H23Cl2N3OS2/c1-26(2,20-12-18(15-29)24(21(28)14-20)32-11-10-27)19-7-4-16(5-8-19)17-6-9-22-23(13-17)34-25(30-22)31-33-3/h4-9,12-14H,10-11H2,1-3H3,(H,30,31). The summed E-state index contributed by atoms with van der Waals surface area (Å²) in [6.45, 7) is 4.54. The van der Waals surface area contributed by atoms with E-state index in [-0.39, 0.29) is 5.41 Å². The molecule has 1 N–H and O–H groups in total. The van der Waals surface area contributed by atoms with Crippen molar-refractivity contribution in [1.82, 2.24) is 4.98 Å². The molecule has 4 aromatic rings. The lowest BCUT2D eigenvalue weighted by molar-refractivity contribution is 0.341. The number of thiazole rings is 1. The topological polar surface area (TPSA) is 57.9 Å². The summed E-state index contributed by atoms with van der Waals surface area (Å²) >= 11 is 15.4. The number of hydrogen-bond donors (Lipinski definition) is 1. The van der Waals surface area contributed by atoms with Crippen molar-refractivity contribution < 1.29 is 4.74 Å². The molecule has 0 radical (unpaired) electrons. The highest BCUT2D eigenvalue weighted by atomic mass is 35.5. The lowest BCUT2D eigenvalue weighted by Crippen LogP contribution is -2.19. The number of fused-ring (bicyclic) bond motifs is 1. The van der Waals surface area contributed by atoms with Gasteiger partial charge in [0.1, 0.15) is 12.7 Å². The zero-order chi connectivity index (χ0) is 24.3. The summed E-state index contributed by atoms with van der Waals surface area (Å²) in [5, 5.41) is 11.0. The molecule has 0 aliphatic rings. The molecule has 0 amide bonds. The van der Waals surface area contributed by atoms with E-state index in [4.69, 9.17) is 27.9 Å². The van der Waals surface area contributed by atoms with Gasteiger partial charge in [-0.05, 0) is 46.5 Å². The van der Waals surface area contributed by atoms with E-state index in [1.54, 1.807) is 11.3 Å². The number of rotatable bonds is 8. The van der Waals surface area contributed by atoms with Crippen LogP contribution in [-0.2, 0) is 5.41 Å². The number of alkyl halides is 1. The van der Waals surface area contributed by atoms with E-state index in [2.05, 4.69) is 72.1 Å². The van der Waals surface area contributed by atoms with E-state index in [1.807, 2.05) is 18.4 Å². The molecule has 0 fully saturated rings. The third-order valence-electron chi connectivity index (χ3n) is 5.73. The van der Waals surface area contributed by atoms with Gasteiger partial charge < -0.3 is 9.46 Å². The molecule has 0 unspecified atom stereocenters. The number of anilines is 1. The van der Waals surface area contributed by atoms with E-state index < -0.39 is 0 Å². The van der Waals surface area contributed by atoms with Crippen LogP contribution in [0.5, 0.6) is 5.75 Å². The molecule has 3 aromatic carbocycles. The molecule has 0 aliphatic carbocycles. The molecule has 0 bridgehead atoms. The second-order valence-electron chi connectivity index (χ2n) is 8.19. The van der Waals surface area contributed by atoms with Crippen molar-refractivity contribution in [3.05, 3.63) is 76.3 Å². The normalized spacial score (nSPS) is 11.4. The van der Waals surface area contributed by atoms with Crippen LogP contribution < -0.4 is 9.46 Å². The largest absolute Gasteiger partial charge is 0.489 e. The van der Waals surface area contributed by atoms with Gasteiger partial charge in [-0.3, -0.25) is 0 Å². The molecule has 4 nitrogen and oxygen atoms in total. The molecule has 0 saturated heterocycles. The lowest BCUT2D eigenvalue weighted by atomic mass is 9.77. The maximum Gasteiger partial charge on any atom is 0.193 e. The Kier molecular flexibility index (Phi) is 7.59. The van der Waals surface area contributed by atoms with Crippen molar-refractivity contribution in [1.29, 1.82) is 5.26 Å². The second kappa shape index (κ2) is 10.5. The quantitative estimate of drug-likeness (QED) is 0.185. The summed E-state index contributed by atoms with van der Waals surface area (Å²) in [5.74, 6) is 0.709. The maximum atomic E-state index is 9.64. The Bertz CT molecular complexity index is 1360. The predicted octanol–water partition coefficient (Wildman–Crippen LogP) is 8.12. The maximum absolute atomic E-state index is 9.64. The van der Waals surface area contributed by atoms with Crippen LogP contribution in [-0.4, -0.2) is 23.7 Å². The number of nitriles is 1. The Labute approximate surface area is 218 Å². The first-order valence-electron chi connectivity index (χ1n) is 10.6. The number of benzene rings is 3. The van der Waals surface area contributed by atoms with Crippen LogP contribution in [0.2, 0.25) is 5.02 Å². The number of hydrogen-bond acceptors (Lipinski definition) is 6. The van der Waals surface area contributed by atoms with Gasteiger partial charge in [0.05, 0.1) is 26.7 Å². The average molecular weight is 529 g/mol. The van der Waals surface area contributed by atoms with Crippen LogP contribution in [0.3, 0.4) is 0 Å². The van der Waals surface area contributed by atoms with E-state index in [9.17, 15) is 5.26 Å². The molecule has 8 heteroatoms. The molecule has 0 atom stereocenters. The predicted molar refractivity (Wildman–Crippen MR) is 147 cm³/mol. The van der Waals surface area contributed by atoms with E-state index in [0.29, 0.717) is 28.8 Å². The Balaban J connectivity index is 1.64. The molecule has 0 saturated carbocycles. The van der Waals surface area contributed by atoms with Crippen LogP contribution in [0.25, 0.3) is 21.3 Å². The molecular formula is C26H23Cl2N3OS2. The Morgan fingerprint density at radius 2 is 1.82 bits per heavy atom. The Hall–Kier alpha value is -2.43. The smallest absolute Gasteiger partial charge is 0.193 e. The van der Waals surface area contributed by atoms with Crippen molar-refractivity contribution in [3.8, 4) is 22.9 Å². The van der Waals surface area contributed by atoms with Gasteiger partial charge >= 0.3 is 0 Å². The number of aromatic nitrogens is 1. The Morgan fingerprint density at radius 3 is 2.50 bits per heavy atom. The fourth-order valence-corrected chi connectivity index (χ4v) is 5.55. The van der Waals surface area contributed by atoms with Gasteiger partial charge in [-0.25, -0.2) is 4.98 Å². The van der Waals surface area contributed by atoms with Crippen molar-refractivity contribution in [2.45, 2.75) is 19.3 Å². The minimum absolute atomic E-state index is 0.295. The zero-order valence-corrected chi connectivity index (χ0v) is 22.1. The first-order valence-corrected chi connectivity index (χ1v) is 13.6. The van der Waals surface area contributed by atoms with E-state index >= 15 is 0 Å². The van der Waals surface area contributed by atoms with Gasteiger partial charge in [-0.15, -0.1) is 11.6 Å². The van der Waals surface area contributed by atoms with Gasteiger partial charge in [-0.1, -0.05) is 79.1 Å². The monoisotopic (exact) mass is 527 g/mol. The van der Waals surface area contributed by atoms with Crippen molar-refractivity contribution in [3.63, 3.8) is 0 Å². The molecule has 1 heterocycles. The summed E-state index contributed by atoms with van der Waals surface area (Å²) in [4.78, 5) is 4.60. The summed E-state index contributed by atoms with van der Waals surface area (Å²) in [6.07, 6.45) is 1.99. The molecule has 1 aromatic heterocycles. The summed E-state index contributed by atoms with van der Waals surface area (Å²) in [5.41, 5.74) is 5.38. The highest BCUT2D eigenvalue weighted by Crippen LogP contribution is 2.39. The third-order valence-corrected chi connectivity index (χ3v) is 7.62. The van der Waals surface area contributed by atoms with Crippen molar-refractivity contribution >= 4 is 61.8 Å². The average Bonchev–Trinajstić information content (AvgIpc) is 3.24. The first kappa shape index (κ1) is 24.7. The van der Waals surface area contributed by atoms with Crippen LogP contribution >= 0.6 is 46.5 Å². The molecule has 0 spiro atoms. The van der Waals surface area contributed by atoms with Crippen LogP contribution in [0.4, 0.5) is 5.13 Å². The summed E-state index contributed by atoms with van der Waals surface area (Å²) in [6, 6.07) is 20.8. The number of ether oxygens (including phenoxy) is 1. The van der Waals surface area contributed by atoms with E-state index in [1.165, 1.54) is 11.9 Å². The van der Waals surface area contributed by atoms with Gasteiger partial charge in [0.15, 0.2) is 10.9 Å². The molecule has 174 valence electrons. The summed E-state index contributed by atoms with van der Waals surface area (Å²) < 4.78 is 9.95. The molecule has 4 rings (SSSR count). The zero-order valence-electron chi connectivity index (χ0n) is 19.0. The van der Waals surface area contributed by atoms with Crippen molar-refractivity contribution in [2.75, 3.05) is 23.5 Å². The number of halogens is 2. The van der Waals surface area contributed by atoms with Crippen LogP contribution in [0, 0.1) is 11.3 Å². The SMILES string of the molecule is CSNc1nc2ccc(-c3ccc(C(C)(C)c4cc(Cl)c(OCCCl)c(C#N)c4)cc3)cc2s1. The van der Waals surface area contributed by atoms with Crippen LogP contribution in [0.1, 0.15) is 30.5 Å². The van der Waals surface area contributed by atoms with Crippen molar-refractivity contribution in [2.24, 2.45) is 0 Å². The van der Waals surface area contributed by atoms with E-state index in [0.717, 1.165) is 37.6 Å². The first-order chi connectivity index (χ1) is 16.4. The minimum atomic E-state index is -0.362. The van der Waals surface area contributed by atoms with Crippen LogP contribution in [0.15, 0.2) is 54.6 Å². The fourth-order valence-electron chi connectivity index (χ4n) is 3.81. The number of nitrogens with one attached hydrogen (secondary N) is 1. The fraction of sp³-hybridized carbons (Fsp3) is 0.231. The van der Waals surface area contributed by atoms with Gasteiger partial charge in [-0.2, -0.15) is 5.26 Å². The van der Waals surface area contributed by atoms with Gasteiger partial charge in [0.25, 0.3) is 0 Å². The molecule has 34 heavy (non-hydrogen) atoms. The lowest BCUT2D eigenvalue weighted by Gasteiger charge is -2.27. The summed E-state index contributed by atoms with van der Waals surface area (Å²) in [7, 11) is 0. The Morgan fingerprint density at radius 1 is 1.09 bits per heavy atom. The van der Waals surface area contributed by atoms with Gasteiger partial charge in [0, 0.05) is 11.7 Å². The molecular weight excluding hydrogens is 505 g/mol. The second-order valence-corrected chi connectivity index (χ2v) is 10.6. The number of nitrogens with zero attached hydrogens (tertiary/aromatic N) is 2. The van der Waals surface area contributed by atoms with Gasteiger partial charge in [0.2, 0.25) is 0 Å².